The van der Waals surface area contributed by atoms with Gasteiger partial charge in [-0.05, 0) is 48.7 Å². The normalized spacial score (nSPS) is 10.5. The fraction of sp³-hybridized carbons (Fsp3) is 0.381. The average Bonchev–Trinajstić information content (AvgIpc) is 2.65. The van der Waals surface area contributed by atoms with Gasteiger partial charge in [-0.25, -0.2) is 0 Å². The van der Waals surface area contributed by atoms with Crippen molar-refractivity contribution < 1.29 is 14.3 Å². The minimum absolute atomic E-state index is 0.0505. The van der Waals surface area contributed by atoms with Crippen LogP contribution in [0.25, 0.3) is 0 Å². The van der Waals surface area contributed by atoms with Gasteiger partial charge in [0.05, 0.1) is 13.7 Å². The molecule has 2 aromatic rings. The first kappa shape index (κ1) is 19.6. The van der Waals surface area contributed by atoms with Gasteiger partial charge < -0.3 is 20.1 Å². The molecule has 5 heteroatoms. The Hall–Kier alpha value is -2.69. The molecular weight excluding hydrogens is 328 g/mol. The highest BCUT2D eigenvalue weighted by Crippen LogP contribution is 2.28. The molecule has 140 valence electrons. The zero-order valence-electron chi connectivity index (χ0n) is 16.0. The number of hydrogen-bond donors (Lipinski definition) is 2. The number of carbonyl (C=O) groups is 1. The maximum absolute atomic E-state index is 12.2. The van der Waals surface area contributed by atoms with Crippen molar-refractivity contribution in [3.8, 4) is 11.5 Å². The molecule has 26 heavy (non-hydrogen) atoms. The molecule has 5 nitrogen and oxygen atoms in total. The van der Waals surface area contributed by atoms with Crippen molar-refractivity contribution in [3.05, 3.63) is 53.6 Å². The third kappa shape index (κ3) is 5.69. The van der Waals surface area contributed by atoms with Gasteiger partial charge in [0.25, 0.3) is 5.91 Å². The summed E-state index contributed by atoms with van der Waals surface area (Å²) in [6.45, 7) is 7.97. The van der Waals surface area contributed by atoms with Crippen molar-refractivity contribution in [2.24, 2.45) is 5.92 Å². The summed E-state index contributed by atoms with van der Waals surface area (Å²) in [5.41, 5.74) is 2.63. The first-order valence-corrected chi connectivity index (χ1v) is 8.95. The third-order valence-corrected chi connectivity index (χ3v) is 3.82. The minimum Gasteiger partial charge on any atom is -0.493 e. The van der Waals surface area contributed by atoms with Gasteiger partial charge in [0.15, 0.2) is 11.5 Å². The molecule has 0 unspecified atom stereocenters. The van der Waals surface area contributed by atoms with Crippen LogP contribution in [0.1, 0.15) is 36.7 Å². The molecular formula is C21H28N2O3. The van der Waals surface area contributed by atoms with Crippen LogP contribution in [0.2, 0.25) is 0 Å². The number of rotatable bonds is 9. The summed E-state index contributed by atoms with van der Waals surface area (Å²) in [7, 11) is 1.63. The van der Waals surface area contributed by atoms with Gasteiger partial charge in [-0.15, -0.1) is 0 Å². The number of ether oxygens (including phenoxy) is 2. The minimum atomic E-state index is -0.0505. The van der Waals surface area contributed by atoms with Crippen molar-refractivity contribution in [2.45, 2.75) is 27.3 Å². The van der Waals surface area contributed by atoms with E-state index in [4.69, 9.17) is 9.47 Å². The van der Waals surface area contributed by atoms with Gasteiger partial charge in [-0.3, -0.25) is 4.79 Å². The summed E-state index contributed by atoms with van der Waals surface area (Å²) < 4.78 is 10.9. The van der Waals surface area contributed by atoms with Crippen LogP contribution in [0.5, 0.6) is 11.5 Å². The van der Waals surface area contributed by atoms with Crippen molar-refractivity contribution >= 4 is 11.6 Å². The first-order valence-electron chi connectivity index (χ1n) is 8.95. The van der Waals surface area contributed by atoms with E-state index in [0.29, 0.717) is 31.2 Å². The highest BCUT2D eigenvalue weighted by molar-refractivity contribution is 5.95. The number of amides is 1. The van der Waals surface area contributed by atoms with E-state index in [1.807, 2.05) is 49.4 Å². The summed E-state index contributed by atoms with van der Waals surface area (Å²) in [4.78, 5) is 12.2. The molecule has 2 aromatic carbocycles. The van der Waals surface area contributed by atoms with Gasteiger partial charge in [0, 0.05) is 24.3 Å². The van der Waals surface area contributed by atoms with Crippen molar-refractivity contribution in [2.75, 3.05) is 25.6 Å². The van der Waals surface area contributed by atoms with Gasteiger partial charge in [-0.2, -0.15) is 0 Å². The van der Waals surface area contributed by atoms with Crippen LogP contribution in [0.4, 0.5) is 5.69 Å². The molecule has 0 spiro atoms. The summed E-state index contributed by atoms with van der Waals surface area (Å²) >= 11 is 0. The van der Waals surface area contributed by atoms with Crippen LogP contribution in [0.3, 0.4) is 0 Å². The zero-order chi connectivity index (χ0) is 18.9. The zero-order valence-corrected chi connectivity index (χ0v) is 16.0. The Morgan fingerprint density at radius 3 is 2.62 bits per heavy atom. The largest absolute Gasteiger partial charge is 0.493 e. The summed E-state index contributed by atoms with van der Waals surface area (Å²) in [6.07, 6.45) is 0. The Balaban J connectivity index is 2.02. The molecule has 0 aromatic heterocycles. The second kappa shape index (κ2) is 9.70. The van der Waals surface area contributed by atoms with Crippen molar-refractivity contribution in [1.82, 2.24) is 5.32 Å². The van der Waals surface area contributed by atoms with E-state index in [2.05, 4.69) is 24.5 Å². The van der Waals surface area contributed by atoms with Crippen molar-refractivity contribution in [3.63, 3.8) is 0 Å². The predicted octanol–water partition coefficient (Wildman–Crippen LogP) is 4.09. The molecule has 2 N–H and O–H groups in total. The molecule has 0 saturated carbocycles. The molecule has 0 bridgehead atoms. The summed E-state index contributed by atoms with van der Waals surface area (Å²) in [6, 6.07) is 13.4. The molecule has 0 heterocycles. The topological polar surface area (TPSA) is 59.6 Å². The molecule has 0 aliphatic heterocycles. The lowest BCUT2D eigenvalue weighted by atomic mass is 10.1. The molecule has 0 aliphatic carbocycles. The van der Waals surface area contributed by atoms with E-state index in [9.17, 15) is 4.79 Å². The Bertz CT molecular complexity index is 729. The van der Waals surface area contributed by atoms with Crippen LogP contribution in [0, 0.1) is 5.92 Å². The lowest BCUT2D eigenvalue weighted by Crippen LogP contribution is -2.27. The summed E-state index contributed by atoms with van der Waals surface area (Å²) in [5, 5.41) is 6.29. The maximum Gasteiger partial charge on any atom is 0.251 e. The lowest BCUT2D eigenvalue weighted by Gasteiger charge is -2.13. The second-order valence-corrected chi connectivity index (χ2v) is 6.46. The standard InChI is InChI=1S/C21H28N2O3/c1-5-26-20-11-16(9-10-19(20)25-4)14-22-18-8-6-7-17(12-18)21(24)23-13-15(2)3/h6-12,15,22H,5,13-14H2,1-4H3,(H,23,24). The maximum atomic E-state index is 12.2. The number of carbonyl (C=O) groups excluding carboxylic acids is 1. The van der Waals surface area contributed by atoms with E-state index in [0.717, 1.165) is 22.7 Å². The van der Waals surface area contributed by atoms with E-state index in [1.54, 1.807) is 7.11 Å². The average molecular weight is 356 g/mol. The monoisotopic (exact) mass is 356 g/mol. The Kier molecular flexibility index (Phi) is 7.33. The number of benzene rings is 2. The SMILES string of the molecule is CCOc1cc(CNc2cccc(C(=O)NCC(C)C)c2)ccc1OC. The van der Waals surface area contributed by atoms with Gasteiger partial charge in [-0.1, -0.05) is 26.0 Å². The first-order chi connectivity index (χ1) is 12.5. The van der Waals surface area contributed by atoms with Gasteiger partial charge in [0.2, 0.25) is 0 Å². The van der Waals surface area contributed by atoms with Crippen LogP contribution in [0.15, 0.2) is 42.5 Å². The molecule has 1 amide bonds. The number of anilines is 1. The molecule has 0 atom stereocenters. The van der Waals surface area contributed by atoms with E-state index in [1.165, 1.54) is 0 Å². The Labute approximate surface area is 155 Å². The van der Waals surface area contributed by atoms with E-state index >= 15 is 0 Å². The fourth-order valence-electron chi connectivity index (χ4n) is 2.47. The number of hydrogen-bond acceptors (Lipinski definition) is 4. The molecule has 2 rings (SSSR count). The lowest BCUT2D eigenvalue weighted by molar-refractivity contribution is 0.0949. The second-order valence-electron chi connectivity index (χ2n) is 6.46. The van der Waals surface area contributed by atoms with Gasteiger partial charge >= 0.3 is 0 Å². The molecule has 0 saturated heterocycles. The van der Waals surface area contributed by atoms with Crippen LogP contribution >= 0.6 is 0 Å². The van der Waals surface area contributed by atoms with E-state index < -0.39 is 0 Å². The smallest absolute Gasteiger partial charge is 0.251 e. The fourth-order valence-corrected chi connectivity index (χ4v) is 2.47. The van der Waals surface area contributed by atoms with Crippen LogP contribution in [-0.4, -0.2) is 26.2 Å². The van der Waals surface area contributed by atoms with Crippen molar-refractivity contribution in [1.29, 1.82) is 0 Å². The van der Waals surface area contributed by atoms with E-state index in [-0.39, 0.29) is 5.91 Å². The van der Waals surface area contributed by atoms with Crippen LogP contribution < -0.4 is 20.1 Å². The summed E-state index contributed by atoms with van der Waals surface area (Å²) in [5.74, 6) is 1.83. The Morgan fingerprint density at radius 1 is 1.12 bits per heavy atom. The number of methoxy groups -OCH3 is 1. The number of nitrogens with one attached hydrogen (secondary N) is 2. The molecule has 0 aliphatic rings. The van der Waals surface area contributed by atoms with Crippen LogP contribution in [-0.2, 0) is 6.54 Å². The molecule has 0 radical (unpaired) electrons. The Morgan fingerprint density at radius 2 is 1.92 bits per heavy atom. The highest BCUT2D eigenvalue weighted by atomic mass is 16.5. The highest BCUT2D eigenvalue weighted by Gasteiger charge is 2.08. The quantitative estimate of drug-likeness (QED) is 0.710. The third-order valence-electron chi connectivity index (χ3n) is 3.82. The molecule has 0 fully saturated rings. The van der Waals surface area contributed by atoms with Gasteiger partial charge in [0.1, 0.15) is 0 Å². The predicted molar refractivity (Wildman–Crippen MR) is 105 cm³/mol.